The Morgan fingerprint density at radius 3 is 2.12 bits per heavy atom. The van der Waals surface area contributed by atoms with E-state index in [0.717, 1.165) is 30.4 Å². The fourth-order valence-corrected chi connectivity index (χ4v) is 2.95. The number of nitrogens with zero attached hydrogens (tertiary/aromatic N) is 1. The van der Waals surface area contributed by atoms with Gasteiger partial charge in [-0.05, 0) is 48.1 Å². The van der Waals surface area contributed by atoms with Gasteiger partial charge in [-0.2, -0.15) is 0 Å². The van der Waals surface area contributed by atoms with Crippen molar-refractivity contribution in [3.63, 3.8) is 0 Å². The molecule has 3 amide bonds. The first-order valence-electron chi connectivity index (χ1n) is 9.08. The lowest BCUT2D eigenvalue weighted by Crippen LogP contribution is -2.32. The Hall–Kier alpha value is -2.82. The van der Waals surface area contributed by atoms with Gasteiger partial charge in [-0.15, -0.1) is 0 Å². The van der Waals surface area contributed by atoms with Gasteiger partial charge in [-0.1, -0.05) is 43.3 Å². The molecule has 0 radical (unpaired) electrons. The lowest BCUT2D eigenvalue weighted by molar-refractivity contribution is 0.0730. The molecule has 0 saturated heterocycles. The van der Waals surface area contributed by atoms with Crippen molar-refractivity contribution < 1.29 is 9.59 Å². The van der Waals surface area contributed by atoms with E-state index < -0.39 is 6.03 Å². The third kappa shape index (κ3) is 4.63. The highest BCUT2D eigenvalue weighted by molar-refractivity contribution is 5.94. The molecule has 136 valence electrons. The van der Waals surface area contributed by atoms with Crippen molar-refractivity contribution in [1.82, 2.24) is 10.2 Å². The number of hydrogen-bond donors (Lipinski definition) is 2. The molecule has 0 bridgehead atoms. The van der Waals surface area contributed by atoms with E-state index >= 15 is 0 Å². The number of hydrogen-bond acceptors (Lipinski definition) is 2. The second-order valence-electron chi connectivity index (χ2n) is 6.75. The number of benzene rings is 2. The fraction of sp³-hybridized carbons (Fsp3) is 0.333. The van der Waals surface area contributed by atoms with Crippen molar-refractivity contribution in [2.24, 2.45) is 5.73 Å². The predicted octanol–water partition coefficient (Wildman–Crippen LogP) is 3.22. The van der Waals surface area contributed by atoms with E-state index in [4.69, 9.17) is 5.73 Å². The van der Waals surface area contributed by atoms with E-state index in [0.29, 0.717) is 24.7 Å². The highest BCUT2D eigenvalue weighted by Crippen LogP contribution is 2.30. The quantitative estimate of drug-likeness (QED) is 0.803. The standard InChI is InChI=1S/C21H25N3O2/c1-2-15-3-5-17(6-4-15)14-24(19-11-12-19)20(25)18-9-7-16(8-10-18)13-23-21(22)26/h3-10,19H,2,11-14H2,1H3,(H3,22,23,26). The van der Waals surface area contributed by atoms with E-state index in [2.05, 4.69) is 36.5 Å². The van der Waals surface area contributed by atoms with E-state index in [1.165, 1.54) is 5.56 Å². The molecule has 0 aromatic heterocycles. The summed E-state index contributed by atoms with van der Waals surface area (Å²) in [6.45, 7) is 3.13. The highest BCUT2D eigenvalue weighted by atomic mass is 16.2. The number of primary amides is 1. The van der Waals surface area contributed by atoms with Crippen molar-refractivity contribution in [1.29, 1.82) is 0 Å². The summed E-state index contributed by atoms with van der Waals surface area (Å²) in [6.07, 6.45) is 3.15. The number of carbonyl (C=O) groups excluding carboxylic acids is 2. The summed E-state index contributed by atoms with van der Waals surface area (Å²) in [5, 5.41) is 2.55. The molecule has 5 heteroatoms. The highest BCUT2D eigenvalue weighted by Gasteiger charge is 2.33. The topological polar surface area (TPSA) is 75.4 Å². The van der Waals surface area contributed by atoms with Crippen LogP contribution in [0.1, 0.15) is 46.8 Å². The van der Waals surface area contributed by atoms with Crippen LogP contribution in [-0.2, 0) is 19.5 Å². The number of carbonyl (C=O) groups is 2. The maximum atomic E-state index is 13.0. The third-order valence-corrected chi connectivity index (χ3v) is 4.70. The SMILES string of the molecule is CCc1ccc(CN(C(=O)c2ccc(CNC(N)=O)cc2)C2CC2)cc1. The van der Waals surface area contributed by atoms with Crippen LogP contribution in [0.3, 0.4) is 0 Å². The molecule has 2 aromatic rings. The zero-order chi connectivity index (χ0) is 18.5. The summed E-state index contributed by atoms with van der Waals surface area (Å²) >= 11 is 0. The zero-order valence-corrected chi connectivity index (χ0v) is 15.1. The molecule has 26 heavy (non-hydrogen) atoms. The molecule has 0 aliphatic heterocycles. The van der Waals surface area contributed by atoms with E-state index in [-0.39, 0.29) is 5.91 Å². The molecule has 3 rings (SSSR count). The molecular formula is C21H25N3O2. The Morgan fingerprint density at radius 1 is 1.00 bits per heavy atom. The summed E-state index contributed by atoms with van der Waals surface area (Å²) in [5.74, 6) is 0.0569. The van der Waals surface area contributed by atoms with Crippen molar-refractivity contribution in [2.45, 2.75) is 45.3 Å². The summed E-state index contributed by atoms with van der Waals surface area (Å²) < 4.78 is 0. The van der Waals surface area contributed by atoms with Crippen LogP contribution in [0.15, 0.2) is 48.5 Å². The van der Waals surface area contributed by atoms with Crippen LogP contribution in [0, 0.1) is 0 Å². The van der Waals surface area contributed by atoms with Crippen LogP contribution in [0.5, 0.6) is 0 Å². The van der Waals surface area contributed by atoms with Gasteiger partial charge >= 0.3 is 6.03 Å². The predicted molar refractivity (Wildman–Crippen MR) is 102 cm³/mol. The second kappa shape index (κ2) is 8.04. The van der Waals surface area contributed by atoms with E-state index in [9.17, 15) is 9.59 Å². The van der Waals surface area contributed by atoms with E-state index in [1.54, 1.807) is 0 Å². The van der Waals surface area contributed by atoms with Crippen molar-refractivity contribution in [2.75, 3.05) is 0 Å². The molecule has 0 spiro atoms. The number of amides is 3. The van der Waals surface area contributed by atoms with Gasteiger partial charge in [0, 0.05) is 24.7 Å². The molecular weight excluding hydrogens is 326 g/mol. The van der Waals surface area contributed by atoms with Crippen LogP contribution in [0.4, 0.5) is 4.79 Å². The average molecular weight is 351 g/mol. The van der Waals surface area contributed by atoms with Gasteiger partial charge in [-0.25, -0.2) is 4.79 Å². The van der Waals surface area contributed by atoms with Crippen molar-refractivity contribution >= 4 is 11.9 Å². The Balaban J connectivity index is 1.69. The average Bonchev–Trinajstić information content (AvgIpc) is 3.50. The van der Waals surface area contributed by atoms with Gasteiger partial charge in [0.2, 0.25) is 0 Å². The maximum absolute atomic E-state index is 13.0. The second-order valence-corrected chi connectivity index (χ2v) is 6.75. The Kier molecular flexibility index (Phi) is 5.56. The number of urea groups is 1. The van der Waals surface area contributed by atoms with E-state index in [1.807, 2.05) is 29.2 Å². The van der Waals surface area contributed by atoms with Crippen LogP contribution in [0.25, 0.3) is 0 Å². The molecule has 0 unspecified atom stereocenters. The Bertz CT molecular complexity index is 765. The molecule has 2 aromatic carbocycles. The fourth-order valence-electron chi connectivity index (χ4n) is 2.95. The molecule has 1 aliphatic carbocycles. The monoisotopic (exact) mass is 351 g/mol. The molecule has 1 aliphatic rings. The Labute approximate surface area is 154 Å². The molecule has 0 atom stereocenters. The molecule has 1 fully saturated rings. The van der Waals surface area contributed by atoms with Gasteiger partial charge in [0.15, 0.2) is 0 Å². The molecule has 0 heterocycles. The van der Waals surface area contributed by atoms with Gasteiger partial charge in [-0.3, -0.25) is 4.79 Å². The third-order valence-electron chi connectivity index (χ3n) is 4.70. The zero-order valence-electron chi connectivity index (χ0n) is 15.1. The lowest BCUT2D eigenvalue weighted by Gasteiger charge is -2.23. The van der Waals surface area contributed by atoms with Crippen LogP contribution >= 0.6 is 0 Å². The minimum atomic E-state index is -0.556. The first-order valence-corrected chi connectivity index (χ1v) is 9.08. The first kappa shape index (κ1) is 18.0. The van der Waals surface area contributed by atoms with Gasteiger partial charge in [0.25, 0.3) is 5.91 Å². The number of nitrogens with two attached hydrogens (primary N) is 1. The van der Waals surface area contributed by atoms with Gasteiger partial charge < -0.3 is 16.0 Å². The van der Waals surface area contributed by atoms with Crippen LogP contribution in [-0.4, -0.2) is 22.9 Å². The molecule has 3 N–H and O–H groups in total. The smallest absolute Gasteiger partial charge is 0.312 e. The number of nitrogens with one attached hydrogen (secondary N) is 1. The minimum Gasteiger partial charge on any atom is -0.352 e. The first-order chi connectivity index (χ1) is 12.6. The van der Waals surface area contributed by atoms with Crippen LogP contribution in [0.2, 0.25) is 0 Å². The largest absolute Gasteiger partial charge is 0.352 e. The minimum absolute atomic E-state index is 0.0569. The molecule has 5 nitrogen and oxygen atoms in total. The van der Waals surface area contributed by atoms with Crippen molar-refractivity contribution in [3.05, 3.63) is 70.8 Å². The normalized spacial score (nSPS) is 13.3. The number of aryl methyl sites for hydroxylation is 1. The summed E-state index contributed by atoms with van der Waals surface area (Å²) in [6, 6.07) is 15.6. The lowest BCUT2D eigenvalue weighted by atomic mass is 10.1. The van der Waals surface area contributed by atoms with Gasteiger partial charge in [0.1, 0.15) is 0 Å². The summed E-state index contributed by atoms with van der Waals surface area (Å²) in [4.78, 5) is 25.7. The van der Waals surface area contributed by atoms with Crippen molar-refractivity contribution in [3.8, 4) is 0 Å². The molecule has 1 saturated carbocycles. The van der Waals surface area contributed by atoms with Gasteiger partial charge in [0.05, 0.1) is 0 Å². The Morgan fingerprint density at radius 2 is 1.58 bits per heavy atom. The summed E-state index contributed by atoms with van der Waals surface area (Å²) in [7, 11) is 0. The maximum Gasteiger partial charge on any atom is 0.312 e. The van der Waals surface area contributed by atoms with Crippen LogP contribution < -0.4 is 11.1 Å². The summed E-state index contributed by atoms with van der Waals surface area (Å²) in [5.41, 5.74) is 9.12. The number of rotatable bonds is 7.